The van der Waals surface area contributed by atoms with Crippen LogP contribution in [-0.4, -0.2) is 38.8 Å². The Kier molecular flexibility index (Phi) is 5.26. The summed E-state index contributed by atoms with van der Waals surface area (Å²) in [6.07, 6.45) is 6.31. The van der Waals surface area contributed by atoms with Crippen molar-refractivity contribution in [2.75, 3.05) is 7.11 Å². The maximum Gasteiger partial charge on any atom is 0.295 e. The fourth-order valence-electron chi connectivity index (χ4n) is 3.55. The molecule has 1 aliphatic rings. The van der Waals surface area contributed by atoms with Crippen molar-refractivity contribution in [3.05, 3.63) is 95.6 Å². The third-order valence-electron chi connectivity index (χ3n) is 4.98. The van der Waals surface area contributed by atoms with Gasteiger partial charge < -0.3 is 14.7 Å². The fourth-order valence-corrected chi connectivity index (χ4v) is 3.55. The third-order valence-corrected chi connectivity index (χ3v) is 4.98. The first kappa shape index (κ1) is 19.3. The average Bonchev–Trinajstić information content (AvgIpc) is 3.05. The van der Waals surface area contributed by atoms with Crippen LogP contribution in [0, 0.1) is 0 Å². The van der Waals surface area contributed by atoms with Crippen LogP contribution in [0.15, 0.2) is 78.9 Å². The van der Waals surface area contributed by atoms with Crippen molar-refractivity contribution >= 4 is 17.4 Å². The van der Waals surface area contributed by atoms with Crippen molar-refractivity contribution < 1.29 is 19.4 Å². The molecule has 7 heteroatoms. The molecule has 1 fully saturated rings. The van der Waals surface area contributed by atoms with Gasteiger partial charge in [-0.1, -0.05) is 18.2 Å². The monoisotopic (exact) mass is 401 g/mol. The van der Waals surface area contributed by atoms with Gasteiger partial charge in [0.2, 0.25) is 0 Å². The van der Waals surface area contributed by atoms with Gasteiger partial charge in [0, 0.05) is 36.9 Å². The second-order valence-corrected chi connectivity index (χ2v) is 6.80. The molecule has 150 valence electrons. The van der Waals surface area contributed by atoms with E-state index < -0.39 is 17.7 Å². The van der Waals surface area contributed by atoms with Gasteiger partial charge in [-0.25, -0.2) is 0 Å². The second-order valence-electron chi connectivity index (χ2n) is 6.80. The van der Waals surface area contributed by atoms with Gasteiger partial charge in [0.05, 0.1) is 18.7 Å². The van der Waals surface area contributed by atoms with Gasteiger partial charge in [-0.05, 0) is 41.5 Å². The van der Waals surface area contributed by atoms with Crippen LogP contribution in [0.25, 0.3) is 5.76 Å². The molecule has 2 aromatic heterocycles. The number of amides is 1. The number of aromatic nitrogens is 2. The zero-order valence-electron chi connectivity index (χ0n) is 16.2. The minimum atomic E-state index is -0.770. The lowest BCUT2D eigenvalue weighted by molar-refractivity contribution is -0.140. The van der Waals surface area contributed by atoms with E-state index in [1.807, 2.05) is 6.07 Å². The molecule has 4 rings (SSSR count). The zero-order valence-corrected chi connectivity index (χ0v) is 16.2. The average molecular weight is 401 g/mol. The number of nitrogens with zero attached hydrogens (tertiary/aromatic N) is 3. The van der Waals surface area contributed by atoms with Crippen molar-refractivity contribution in [1.29, 1.82) is 0 Å². The molecule has 1 amide bonds. The van der Waals surface area contributed by atoms with E-state index >= 15 is 0 Å². The van der Waals surface area contributed by atoms with Crippen LogP contribution in [0.1, 0.15) is 22.7 Å². The summed E-state index contributed by atoms with van der Waals surface area (Å²) < 4.78 is 5.32. The Morgan fingerprint density at radius 3 is 2.57 bits per heavy atom. The molecule has 30 heavy (non-hydrogen) atoms. The zero-order chi connectivity index (χ0) is 21.1. The number of hydrogen-bond acceptors (Lipinski definition) is 6. The van der Waals surface area contributed by atoms with E-state index in [-0.39, 0.29) is 17.9 Å². The van der Waals surface area contributed by atoms with E-state index in [4.69, 9.17) is 4.74 Å². The van der Waals surface area contributed by atoms with Gasteiger partial charge in [0.15, 0.2) is 0 Å². The summed E-state index contributed by atoms with van der Waals surface area (Å²) in [4.78, 5) is 35.4. The van der Waals surface area contributed by atoms with Gasteiger partial charge in [-0.3, -0.25) is 19.6 Å². The Labute approximate surface area is 173 Å². The number of carbonyl (C=O) groups is 2. The summed E-state index contributed by atoms with van der Waals surface area (Å²) in [5.74, 6) is -1.07. The highest BCUT2D eigenvalue weighted by Crippen LogP contribution is 2.40. The van der Waals surface area contributed by atoms with Crippen LogP contribution in [-0.2, 0) is 16.1 Å². The molecular weight excluding hydrogens is 382 g/mol. The first-order valence-electron chi connectivity index (χ1n) is 9.32. The van der Waals surface area contributed by atoms with Crippen molar-refractivity contribution in [2.45, 2.75) is 12.6 Å². The quantitative estimate of drug-likeness (QED) is 0.401. The van der Waals surface area contributed by atoms with E-state index in [0.29, 0.717) is 16.9 Å². The molecule has 0 bridgehead atoms. The minimum absolute atomic E-state index is 0.0309. The molecule has 3 aromatic rings. The van der Waals surface area contributed by atoms with E-state index in [1.54, 1.807) is 62.0 Å². The van der Waals surface area contributed by atoms with Gasteiger partial charge in [-0.15, -0.1) is 0 Å². The van der Waals surface area contributed by atoms with Crippen molar-refractivity contribution in [2.24, 2.45) is 0 Å². The van der Waals surface area contributed by atoms with E-state index in [9.17, 15) is 14.7 Å². The smallest absolute Gasteiger partial charge is 0.295 e. The number of pyridine rings is 2. The molecule has 7 nitrogen and oxygen atoms in total. The highest BCUT2D eigenvalue weighted by Gasteiger charge is 2.46. The number of methoxy groups -OCH3 is 1. The SMILES string of the molecule is COc1cccc(C2/C(=C(/O)c3ccncc3)C(=O)C(=O)N2Cc2cccnc2)c1. The number of benzene rings is 1. The minimum Gasteiger partial charge on any atom is -0.507 e. The number of ketones is 1. The lowest BCUT2D eigenvalue weighted by Crippen LogP contribution is -2.29. The summed E-state index contributed by atoms with van der Waals surface area (Å²) in [6.45, 7) is 0.174. The summed E-state index contributed by atoms with van der Waals surface area (Å²) in [5.41, 5.74) is 1.88. The summed E-state index contributed by atoms with van der Waals surface area (Å²) in [5, 5.41) is 11.0. The van der Waals surface area contributed by atoms with Gasteiger partial charge in [0.1, 0.15) is 11.5 Å². The highest BCUT2D eigenvalue weighted by molar-refractivity contribution is 6.46. The Morgan fingerprint density at radius 1 is 1.07 bits per heavy atom. The molecule has 1 atom stereocenters. The number of aliphatic hydroxyl groups excluding tert-OH is 1. The summed E-state index contributed by atoms with van der Waals surface area (Å²) in [7, 11) is 1.54. The number of ether oxygens (including phenoxy) is 1. The second kappa shape index (κ2) is 8.16. The van der Waals surface area contributed by atoms with Crippen LogP contribution in [0.5, 0.6) is 5.75 Å². The van der Waals surface area contributed by atoms with Crippen molar-refractivity contribution in [1.82, 2.24) is 14.9 Å². The van der Waals surface area contributed by atoms with Gasteiger partial charge >= 0.3 is 0 Å². The number of likely N-dealkylation sites (tertiary alicyclic amines) is 1. The van der Waals surface area contributed by atoms with Crippen LogP contribution >= 0.6 is 0 Å². The Hall–Kier alpha value is -4.00. The van der Waals surface area contributed by atoms with E-state index in [1.165, 1.54) is 17.3 Å². The first-order chi connectivity index (χ1) is 14.6. The molecule has 1 aliphatic heterocycles. The summed E-state index contributed by atoms with van der Waals surface area (Å²) in [6, 6.07) is 13.1. The van der Waals surface area contributed by atoms with Crippen LogP contribution in [0.2, 0.25) is 0 Å². The lowest BCUT2D eigenvalue weighted by atomic mass is 9.95. The maximum atomic E-state index is 13.0. The fraction of sp³-hybridized carbons (Fsp3) is 0.130. The van der Waals surface area contributed by atoms with Crippen LogP contribution in [0.3, 0.4) is 0 Å². The third kappa shape index (κ3) is 3.53. The van der Waals surface area contributed by atoms with Crippen molar-refractivity contribution in [3.63, 3.8) is 0 Å². The number of aliphatic hydroxyl groups is 1. The molecule has 0 aliphatic carbocycles. The van der Waals surface area contributed by atoms with E-state index in [2.05, 4.69) is 9.97 Å². The molecule has 1 unspecified atom stereocenters. The maximum absolute atomic E-state index is 13.0. The number of carbonyl (C=O) groups excluding carboxylic acids is 2. The predicted octanol–water partition coefficient (Wildman–Crippen LogP) is 3.11. The Balaban J connectivity index is 1.87. The molecule has 0 saturated carbocycles. The van der Waals surface area contributed by atoms with Crippen molar-refractivity contribution in [3.8, 4) is 5.75 Å². The Morgan fingerprint density at radius 2 is 1.87 bits per heavy atom. The standard InChI is InChI=1S/C23H19N3O4/c1-30-18-6-2-5-17(12-18)20-19(21(27)16-7-10-24-11-8-16)22(28)23(29)26(20)14-15-4-3-9-25-13-15/h2-13,20,27H,14H2,1H3/b21-19-. The topological polar surface area (TPSA) is 92.6 Å². The molecule has 3 heterocycles. The first-order valence-corrected chi connectivity index (χ1v) is 9.32. The molecule has 1 N–H and O–H groups in total. The number of Topliss-reactive ketones (excluding diaryl/α,β-unsaturated/α-hetero) is 1. The van der Waals surface area contributed by atoms with Crippen LogP contribution < -0.4 is 4.74 Å². The molecular formula is C23H19N3O4. The summed E-state index contributed by atoms with van der Waals surface area (Å²) >= 11 is 0. The normalized spacial score (nSPS) is 17.9. The molecule has 0 spiro atoms. The lowest BCUT2D eigenvalue weighted by Gasteiger charge is -2.25. The molecule has 1 aromatic carbocycles. The molecule has 1 saturated heterocycles. The van der Waals surface area contributed by atoms with Gasteiger partial charge in [-0.2, -0.15) is 0 Å². The predicted molar refractivity (Wildman–Crippen MR) is 109 cm³/mol. The highest BCUT2D eigenvalue weighted by atomic mass is 16.5. The molecule has 0 radical (unpaired) electrons. The largest absolute Gasteiger partial charge is 0.507 e. The van der Waals surface area contributed by atoms with Gasteiger partial charge in [0.25, 0.3) is 11.7 Å². The van der Waals surface area contributed by atoms with E-state index in [0.717, 1.165) is 5.56 Å². The number of rotatable bonds is 5. The number of hydrogen-bond donors (Lipinski definition) is 1. The Bertz CT molecular complexity index is 1110. The van der Waals surface area contributed by atoms with Crippen LogP contribution in [0.4, 0.5) is 0 Å².